The summed E-state index contributed by atoms with van der Waals surface area (Å²) in [5, 5.41) is 2.72. The van der Waals surface area contributed by atoms with Crippen LogP contribution in [-0.2, 0) is 19.1 Å². The Morgan fingerprint density at radius 3 is 2.57 bits per heavy atom. The van der Waals surface area contributed by atoms with Crippen molar-refractivity contribution in [2.45, 2.75) is 43.6 Å². The summed E-state index contributed by atoms with van der Waals surface area (Å²) in [5.41, 5.74) is 0.695. The van der Waals surface area contributed by atoms with E-state index in [1.807, 2.05) is 23.1 Å². The van der Waals surface area contributed by atoms with Gasteiger partial charge in [0.1, 0.15) is 6.54 Å². The van der Waals surface area contributed by atoms with Gasteiger partial charge in [-0.1, -0.05) is 37.5 Å². The molecule has 7 heteroatoms. The van der Waals surface area contributed by atoms with E-state index >= 15 is 0 Å². The number of carbonyl (C=O) groups excluding carboxylic acids is 3. The fraction of sp³-hybridized carbons (Fsp3) is 0.571. The highest BCUT2D eigenvalue weighted by molar-refractivity contribution is 6.02. The predicted molar refractivity (Wildman–Crippen MR) is 103 cm³/mol. The maximum absolute atomic E-state index is 13.3. The van der Waals surface area contributed by atoms with Gasteiger partial charge in [-0.05, 0) is 24.5 Å². The van der Waals surface area contributed by atoms with E-state index in [9.17, 15) is 14.4 Å². The first kappa shape index (κ1) is 20.3. The fourth-order valence-corrected chi connectivity index (χ4v) is 4.68. The third kappa shape index (κ3) is 3.63. The number of fused-ring (bicyclic) bond motifs is 1. The lowest BCUT2D eigenvalue weighted by Crippen LogP contribution is -2.63. The van der Waals surface area contributed by atoms with Crippen molar-refractivity contribution in [2.24, 2.45) is 0 Å². The summed E-state index contributed by atoms with van der Waals surface area (Å²) in [7, 11) is 2.90. The number of benzene rings is 1. The Balaban J connectivity index is 2.05. The van der Waals surface area contributed by atoms with Crippen LogP contribution in [0.3, 0.4) is 0 Å². The molecule has 7 nitrogen and oxygen atoms in total. The molecule has 1 N–H and O–H groups in total. The average Bonchev–Trinajstić information content (AvgIpc) is 2.72. The maximum atomic E-state index is 13.3. The molecule has 28 heavy (non-hydrogen) atoms. The molecule has 2 aliphatic rings. The molecule has 1 aromatic carbocycles. The van der Waals surface area contributed by atoms with Crippen LogP contribution < -0.4 is 5.32 Å². The lowest BCUT2D eigenvalue weighted by molar-refractivity contribution is -0.142. The number of nitrogens with one attached hydrogen (secondary N) is 1. The summed E-state index contributed by atoms with van der Waals surface area (Å²) in [6.45, 7) is 0.659. The van der Waals surface area contributed by atoms with Gasteiger partial charge >= 0.3 is 5.97 Å². The zero-order valence-electron chi connectivity index (χ0n) is 16.5. The fourth-order valence-electron chi connectivity index (χ4n) is 4.68. The van der Waals surface area contributed by atoms with Gasteiger partial charge in [0, 0.05) is 19.2 Å². The molecular formula is C21H28N2O5. The largest absolute Gasteiger partial charge is 0.468 e. The zero-order chi connectivity index (χ0) is 20.1. The van der Waals surface area contributed by atoms with Crippen LogP contribution in [0, 0.1) is 0 Å². The molecular weight excluding hydrogens is 360 g/mol. The summed E-state index contributed by atoms with van der Waals surface area (Å²) in [4.78, 5) is 40.0. The van der Waals surface area contributed by atoms with Crippen molar-refractivity contribution in [3.05, 3.63) is 35.4 Å². The van der Waals surface area contributed by atoms with Crippen molar-refractivity contribution in [1.29, 1.82) is 0 Å². The van der Waals surface area contributed by atoms with E-state index in [2.05, 4.69) is 10.1 Å². The van der Waals surface area contributed by atoms with Crippen molar-refractivity contribution in [3.63, 3.8) is 0 Å². The third-order valence-electron chi connectivity index (χ3n) is 5.96. The van der Waals surface area contributed by atoms with E-state index in [1.165, 1.54) is 7.11 Å². The van der Waals surface area contributed by atoms with E-state index in [1.54, 1.807) is 13.2 Å². The van der Waals surface area contributed by atoms with Crippen molar-refractivity contribution in [1.82, 2.24) is 10.2 Å². The molecule has 1 spiro atoms. The Morgan fingerprint density at radius 1 is 1.18 bits per heavy atom. The third-order valence-corrected chi connectivity index (χ3v) is 5.96. The van der Waals surface area contributed by atoms with Crippen molar-refractivity contribution in [3.8, 4) is 0 Å². The number of methoxy groups -OCH3 is 2. The SMILES string of the molecule is COCCN1C(=O)c2ccccc2[C@H](C(=O)NCC(=O)OC)C12CCCCC2. The Labute approximate surface area is 165 Å². The lowest BCUT2D eigenvalue weighted by Gasteiger charge is -2.53. The summed E-state index contributed by atoms with van der Waals surface area (Å²) in [5.74, 6) is -1.31. The van der Waals surface area contributed by atoms with Gasteiger partial charge < -0.3 is 19.7 Å². The van der Waals surface area contributed by atoms with Gasteiger partial charge in [0.2, 0.25) is 5.91 Å². The Hall–Kier alpha value is -2.41. The molecule has 1 aromatic rings. The van der Waals surface area contributed by atoms with Crippen LogP contribution in [-0.4, -0.2) is 62.1 Å². The number of amides is 2. The van der Waals surface area contributed by atoms with Gasteiger partial charge in [-0.2, -0.15) is 0 Å². The van der Waals surface area contributed by atoms with Crippen molar-refractivity contribution >= 4 is 17.8 Å². The molecule has 1 aliphatic carbocycles. The molecule has 1 heterocycles. The Morgan fingerprint density at radius 2 is 1.89 bits per heavy atom. The first-order chi connectivity index (χ1) is 13.5. The molecule has 1 aliphatic heterocycles. The van der Waals surface area contributed by atoms with Crippen LogP contribution in [0.4, 0.5) is 0 Å². The van der Waals surface area contributed by atoms with Gasteiger partial charge in [0.05, 0.1) is 25.2 Å². The number of hydrogen-bond acceptors (Lipinski definition) is 5. The van der Waals surface area contributed by atoms with Crippen LogP contribution in [0.1, 0.15) is 53.9 Å². The minimum absolute atomic E-state index is 0.0495. The van der Waals surface area contributed by atoms with Gasteiger partial charge in [-0.25, -0.2) is 0 Å². The Kier molecular flexibility index (Phi) is 6.34. The summed E-state index contributed by atoms with van der Waals surface area (Å²) >= 11 is 0. The van der Waals surface area contributed by atoms with E-state index in [4.69, 9.17) is 4.74 Å². The van der Waals surface area contributed by atoms with E-state index in [-0.39, 0.29) is 18.4 Å². The van der Waals surface area contributed by atoms with Crippen LogP contribution in [0.2, 0.25) is 0 Å². The maximum Gasteiger partial charge on any atom is 0.325 e. The van der Waals surface area contributed by atoms with Crippen molar-refractivity contribution < 1.29 is 23.9 Å². The van der Waals surface area contributed by atoms with Crippen LogP contribution in [0.15, 0.2) is 24.3 Å². The molecule has 1 atom stereocenters. The van der Waals surface area contributed by atoms with E-state index in [0.717, 1.165) is 37.7 Å². The molecule has 1 saturated carbocycles. The molecule has 152 valence electrons. The molecule has 3 rings (SSSR count). The summed E-state index contributed by atoms with van der Waals surface area (Å²) in [6, 6.07) is 7.30. The normalized spacial score (nSPS) is 20.6. The second kappa shape index (κ2) is 8.73. The number of carbonyl (C=O) groups is 3. The second-order valence-corrected chi connectivity index (χ2v) is 7.43. The second-order valence-electron chi connectivity index (χ2n) is 7.43. The predicted octanol–water partition coefficient (Wildman–Crippen LogP) is 1.86. The van der Waals surface area contributed by atoms with Gasteiger partial charge in [0.15, 0.2) is 0 Å². The molecule has 0 radical (unpaired) electrons. The number of ether oxygens (including phenoxy) is 2. The quantitative estimate of drug-likeness (QED) is 0.752. The molecule has 1 fully saturated rings. The zero-order valence-corrected chi connectivity index (χ0v) is 16.5. The van der Waals surface area contributed by atoms with Crippen LogP contribution >= 0.6 is 0 Å². The lowest BCUT2D eigenvalue weighted by atomic mass is 9.65. The number of esters is 1. The molecule has 0 saturated heterocycles. The van der Waals surface area contributed by atoms with E-state index in [0.29, 0.717) is 18.7 Å². The Bertz CT molecular complexity index is 742. The number of hydrogen-bond donors (Lipinski definition) is 1. The molecule has 0 bridgehead atoms. The number of rotatable bonds is 6. The molecule has 2 amide bonds. The van der Waals surface area contributed by atoms with Crippen LogP contribution in [0.5, 0.6) is 0 Å². The topological polar surface area (TPSA) is 84.9 Å². The van der Waals surface area contributed by atoms with Crippen molar-refractivity contribution in [2.75, 3.05) is 33.9 Å². The van der Waals surface area contributed by atoms with Gasteiger partial charge in [0.25, 0.3) is 5.91 Å². The first-order valence-electron chi connectivity index (χ1n) is 9.79. The van der Waals surface area contributed by atoms with E-state index < -0.39 is 17.4 Å². The molecule has 0 unspecified atom stereocenters. The van der Waals surface area contributed by atoms with Gasteiger partial charge in [-0.3, -0.25) is 14.4 Å². The highest BCUT2D eigenvalue weighted by Gasteiger charge is 2.54. The molecule has 0 aromatic heterocycles. The van der Waals surface area contributed by atoms with Crippen LogP contribution in [0.25, 0.3) is 0 Å². The number of nitrogens with zero attached hydrogens (tertiary/aromatic N) is 1. The standard InChI is InChI=1S/C21H28N2O5/c1-27-13-12-23-20(26)16-9-5-4-8-15(16)18(19(25)22-14-17(24)28-2)21(23)10-6-3-7-11-21/h4-5,8-9,18H,3,6-7,10-14H2,1-2H3,(H,22,25)/t18-/m1/s1. The minimum atomic E-state index is -0.595. The smallest absolute Gasteiger partial charge is 0.325 e. The minimum Gasteiger partial charge on any atom is -0.468 e. The highest BCUT2D eigenvalue weighted by atomic mass is 16.5. The monoisotopic (exact) mass is 388 g/mol. The average molecular weight is 388 g/mol. The first-order valence-corrected chi connectivity index (χ1v) is 9.79. The summed E-state index contributed by atoms with van der Waals surface area (Å²) in [6.07, 6.45) is 4.52. The van der Waals surface area contributed by atoms with Gasteiger partial charge in [-0.15, -0.1) is 0 Å². The highest BCUT2D eigenvalue weighted by Crippen LogP contribution is 2.49. The summed E-state index contributed by atoms with van der Waals surface area (Å²) < 4.78 is 9.90.